The van der Waals surface area contributed by atoms with E-state index in [1.54, 1.807) is 7.11 Å². The van der Waals surface area contributed by atoms with Crippen LogP contribution in [0.15, 0.2) is 30.6 Å². The van der Waals surface area contributed by atoms with Crippen molar-refractivity contribution in [2.24, 2.45) is 7.05 Å². The molecule has 1 aliphatic heterocycles. The van der Waals surface area contributed by atoms with Gasteiger partial charge in [-0.05, 0) is 17.7 Å². The van der Waals surface area contributed by atoms with Crippen molar-refractivity contribution >= 4 is 0 Å². The van der Waals surface area contributed by atoms with Crippen LogP contribution in [0, 0.1) is 0 Å². The summed E-state index contributed by atoms with van der Waals surface area (Å²) in [6.07, 6.45) is 3.93. The Kier molecular flexibility index (Phi) is 5.85. The third kappa shape index (κ3) is 4.56. The highest BCUT2D eigenvalue weighted by molar-refractivity contribution is 5.37. The monoisotopic (exact) mass is 330 g/mol. The van der Waals surface area contributed by atoms with Crippen molar-refractivity contribution in [3.8, 4) is 5.75 Å². The Hall–Kier alpha value is -1.89. The first-order valence-electron chi connectivity index (χ1n) is 8.39. The Morgan fingerprint density at radius 1 is 1.21 bits per heavy atom. The van der Waals surface area contributed by atoms with Crippen molar-refractivity contribution in [1.29, 1.82) is 0 Å². The molecule has 130 valence electrons. The maximum Gasteiger partial charge on any atom is 0.123 e. The predicted octanol–water partition coefficient (Wildman–Crippen LogP) is 1.55. The van der Waals surface area contributed by atoms with Crippen LogP contribution in [0.3, 0.4) is 0 Å². The second-order valence-corrected chi connectivity index (χ2v) is 6.16. The first-order chi connectivity index (χ1) is 11.7. The lowest BCUT2D eigenvalue weighted by Crippen LogP contribution is -2.35. The number of rotatable bonds is 7. The van der Waals surface area contributed by atoms with Gasteiger partial charge in [-0.2, -0.15) is 5.10 Å². The first kappa shape index (κ1) is 17.0. The molecule has 2 aromatic rings. The minimum Gasteiger partial charge on any atom is -0.496 e. The molecule has 0 unspecified atom stereocenters. The number of nitrogens with one attached hydrogen (secondary N) is 1. The van der Waals surface area contributed by atoms with E-state index in [-0.39, 0.29) is 0 Å². The largest absolute Gasteiger partial charge is 0.496 e. The molecule has 1 fully saturated rings. The Labute approximate surface area is 143 Å². The maximum atomic E-state index is 5.53. The average Bonchev–Trinajstić information content (AvgIpc) is 3.01. The summed E-state index contributed by atoms with van der Waals surface area (Å²) in [7, 11) is 3.67. The van der Waals surface area contributed by atoms with E-state index in [0.29, 0.717) is 0 Å². The molecule has 1 N–H and O–H groups in total. The van der Waals surface area contributed by atoms with Crippen molar-refractivity contribution in [2.75, 3.05) is 33.4 Å². The number of aryl methyl sites for hydroxylation is 1. The molecule has 0 radical (unpaired) electrons. The van der Waals surface area contributed by atoms with E-state index in [2.05, 4.69) is 33.5 Å². The minimum atomic E-state index is 0.814. The molecule has 0 bridgehead atoms. The Morgan fingerprint density at radius 3 is 2.71 bits per heavy atom. The average molecular weight is 330 g/mol. The van der Waals surface area contributed by atoms with Crippen molar-refractivity contribution in [3.05, 3.63) is 47.3 Å². The molecule has 0 aliphatic carbocycles. The molecule has 6 nitrogen and oxygen atoms in total. The highest BCUT2D eigenvalue weighted by Crippen LogP contribution is 2.22. The van der Waals surface area contributed by atoms with Crippen LogP contribution in [0.2, 0.25) is 0 Å². The zero-order valence-electron chi connectivity index (χ0n) is 14.5. The van der Waals surface area contributed by atoms with Crippen molar-refractivity contribution in [1.82, 2.24) is 20.0 Å². The summed E-state index contributed by atoms with van der Waals surface area (Å²) in [6.45, 7) is 6.14. The van der Waals surface area contributed by atoms with Crippen LogP contribution in [0.5, 0.6) is 5.75 Å². The molecule has 3 rings (SSSR count). The quantitative estimate of drug-likeness (QED) is 0.835. The van der Waals surface area contributed by atoms with E-state index in [4.69, 9.17) is 9.47 Å². The van der Waals surface area contributed by atoms with Crippen molar-refractivity contribution in [3.63, 3.8) is 0 Å². The fourth-order valence-electron chi connectivity index (χ4n) is 2.98. The summed E-state index contributed by atoms with van der Waals surface area (Å²) >= 11 is 0. The van der Waals surface area contributed by atoms with E-state index in [0.717, 1.165) is 51.7 Å². The summed E-state index contributed by atoms with van der Waals surface area (Å²) in [4.78, 5) is 2.41. The molecule has 24 heavy (non-hydrogen) atoms. The zero-order valence-corrected chi connectivity index (χ0v) is 14.5. The number of methoxy groups -OCH3 is 1. The van der Waals surface area contributed by atoms with Gasteiger partial charge in [0.05, 0.1) is 26.5 Å². The lowest BCUT2D eigenvalue weighted by molar-refractivity contribution is 0.0339. The van der Waals surface area contributed by atoms with Crippen LogP contribution >= 0.6 is 0 Å². The number of benzene rings is 1. The lowest BCUT2D eigenvalue weighted by atomic mass is 10.1. The first-order valence-corrected chi connectivity index (χ1v) is 8.39. The number of hydrogen-bond donors (Lipinski definition) is 1. The fourth-order valence-corrected chi connectivity index (χ4v) is 2.98. The van der Waals surface area contributed by atoms with Gasteiger partial charge in [-0.1, -0.05) is 6.07 Å². The van der Waals surface area contributed by atoms with Gasteiger partial charge in [-0.15, -0.1) is 0 Å². The molecule has 0 saturated carbocycles. The van der Waals surface area contributed by atoms with Crippen LogP contribution in [0.1, 0.15) is 16.7 Å². The Bertz CT molecular complexity index is 650. The SMILES string of the molecule is COc1ccc(CNCc2cnn(C)c2)cc1CN1CCOCC1. The Morgan fingerprint density at radius 2 is 2.00 bits per heavy atom. The van der Waals surface area contributed by atoms with Gasteiger partial charge >= 0.3 is 0 Å². The standard InChI is InChI=1S/C18H26N4O2/c1-21-13-16(12-20-21)11-19-10-15-3-4-18(23-2)17(9-15)14-22-5-7-24-8-6-22/h3-4,9,12-13,19H,5-8,10-11,14H2,1-2H3. The second-order valence-electron chi connectivity index (χ2n) is 6.16. The number of hydrogen-bond acceptors (Lipinski definition) is 5. The van der Waals surface area contributed by atoms with Gasteiger partial charge in [-0.25, -0.2) is 0 Å². The summed E-state index contributed by atoms with van der Waals surface area (Å²) in [5, 5.41) is 7.66. The third-order valence-electron chi connectivity index (χ3n) is 4.26. The van der Waals surface area contributed by atoms with Gasteiger partial charge in [-0.3, -0.25) is 9.58 Å². The molecule has 2 heterocycles. The predicted molar refractivity (Wildman–Crippen MR) is 92.8 cm³/mol. The van der Waals surface area contributed by atoms with Crippen LogP contribution in [0.4, 0.5) is 0 Å². The molecule has 1 aliphatic rings. The molecule has 1 aromatic carbocycles. The maximum absolute atomic E-state index is 5.53. The van der Waals surface area contributed by atoms with Gasteiger partial charge in [0.2, 0.25) is 0 Å². The van der Waals surface area contributed by atoms with E-state index in [1.165, 1.54) is 16.7 Å². The second kappa shape index (κ2) is 8.28. The zero-order chi connectivity index (χ0) is 16.8. The van der Waals surface area contributed by atoms with Crippen LogP contribution in [0.25, 0.3) is 0 Å². The van der Waals surface area contributed by atoms with Gasteiger partial charge in [0.25, 0.3) is 0 Å². The number of nitrogens with zero attached hydrogens (tertiary/aromatic N) is 3. The molecule has 6 heteroatoms. The normalized spacial score (nSPS) is 15.6. The molecular weight excluding hydrogens is 304 g/mol. The summed E-state index contributed by atoms with van der Waals surface area (Å²) in [6, 6.07) is 6.43. The number of morpholine rings is 1. The highest BCUT2D eigenvalue weighted by atomic mass is 16.5. The van der Waals surface area contributed by atoms with Crippen molar-refractivity contribution in [2.45, 2.75) is 19.6 Å². The molecule has 1 aromatic heterocycles. The Balaban J connectivity index is 1.59. The van der Waals surface area contributed by atoms with Gasteiger partial charge in [0.1, 0.15) is 5.75 Å². The van der Waals surface area contributed by atoms with Gasteiger partial charge < -0.3 is 14.8 Å². The van der Waals surface area contributed by atoms with Crippen LogP contribution in [-0.2, 0) is 31.4 Å². The van der Waals surface area contributed by atoms with Gasteiger partial charge in [0.15, 0.2) is 0 Å². The summed E-state index contributed by atoms with van der Waals surface area (Å²) in [5.41, 5.74) is 3.70. The van der Waals surface area contributed by atoms with Gasteiger partial charge in [0, 0.05) is 57.1 Å². The topological polar surface area (TPSA) is 51.5 Å². The lowest BCUT2D eigenvalue weighted by Gasteiger charge is -2.27. The molecule has 0 atom stereocenters. The highest BCUT2D eigenvalue weighted by Gasteiger charge is 2.13. The number of ether oxygens (including phenoxy) is 2. The molecule has 0 spiro atoms. The smallest absolute Gasteiger partial charge is 0.123 e. The van der Waals surface area contributed by atoms with E-state index < -0.39 is 0 Å². The van der Waals surface area contributed by atoms with E-state index in [1.807, 2.05) is 24.1 Å². The van der Waals surface area contributed by atoms with E-state index >= 15 is 0 Å². The van der Waals surface area contributed by atoms with E-state index in [9.17, 15) is 0 Å². The van der Waals surface area contributed by atoms with Crippen molar-refractivity contribution < 1.29 is 9.47 Å². The number of aromatic nitrogens is 2. The molecular formula is C18H26N4O2. The summed E-state index contributed by atoms with van der Waals surface area (Å²) < 4.78 is 12.8. The molecule has 1 saturated heterocycles. The minimum absolute atomic E-state index is 0.814. The molecule has 0 amide bonds. The third-order valence-corrected chi connectivity index (χ3v) is 4.26. The van der Waals surface area contributed by atoms with Crippen LogP contribution < -0.4 is 10.1 Å². The fraction of sp³-hybridized carbons (Fsp3) is 0.500. The summed E-state index contributed by atoms with van der Waals surface area (Å²) in [5.74, 6) is 0.956. The van der Waals surface area contributed by atoms with Crippen LogP contribution in [-0.4, -0.2) is 48.1 Å².